The first-order valence-corrected chi connectivity index (χ1v) is 6.87. The average molecular weight is 264 g/mol. The summed E-state index contributed by atoms with van der Waals surface area (Å²) < 4.78 is 5.26. The van der Waals surface area contributed by atoms with Crippen molar-refractivity contribution in [3.8, 4) is 5.75 Å². The number of nitrogens with one attached hydrogen (secondary N) is 2. The van der Waals surface area contributed by atoms with Gasteiger partial charge in [0.2, 0.25) is 5.91 Å². The van der Waals surface area contributed by atoms with Crippen LogP contribution >= 0.6 is 0 Å². The van der Waals surface area contributed by atoms with E-state index in [1.54, 1.807) is 7.11 Å². The van der Waals surface area contributed by atoms with E-state index < -0.39 is 0 Å². The number of hydrogen-bond acceptors (Lipinski definition) is 3. The Morgan fingerprint density at radius 3 is 2.74 bits per heavy atom. The van der Waals surface area contributed by atoms with Crippen LogP contribution in [0.4, 0.5) is 0 Å². The third kappa shape index (κ3) is 6.25. The third-order valence-corrected chi connectivity index (χ3v) is 2.86. The normalized spacial score (nSPS) is 10.2. The van der Waals surface area contributed by atoms with Gasteiger partial charge in [-0.15, -0.1) is 0 Å². The second kappa shape index (κ2) is 9.39. The molecule has 0 fully saturated rings. The van der Waals surface area contributed by atoms with E-state index in [1.807, 2.05) is 24.3 Å². The number of carbonyl (C=O) groups excluding carboxylic acids is 1. The van der Waals surface area contributed by atoms with Crippen molar-refractivity contribution >= 4 is 5.91 Å². The summed E-state index contributed by atoms with van der Waals surface area (Å²) in [6.45, 7) is 4.63. The maximum Gasteiger partial charge on any atom is 0.220 e. The van der Waals surface area contributed by atoms with Crippen LogP contribution in [0, 0.1) is 0 Å². The molecule has 4 heteroatoms. The van der Waals surface area contributed by atoms with Crippen molar-refractivity contribution in [2.24, 2.45) is 0 Å². The predicted molar refractivity (Wildman–Crippen MR) is 77.5 cm³/mol. The lowest BCUT2D eigenvalue weighted by atomic mass is 10.1. The molecule has 1 rings (SSSR count). The quantitative estimate of drug-likeness (QED) is 0.668. The van der Waals surface area contributed by atoms with Gasteiger partial charge in [-0.2, -0.15) is 0 Å². The highest BCUT2D eigenvalue weighted by Crippen LogP contribution is 2.18. The third-order valence-electron chi connectivity index (χ3n) is 2.86. The van der Waals surface area contributed by atoms with E-state index in [-0.39, 0.29) is 5.91 Å². The molecule has 0 radical (unpaired) electrons. The maximum absolute atomic E-state index is 11.7. The van der Waals surface area contributed by atoms with Gasteiger partial charge in [-0.05, 0) is 31.0 Å². The van der Waals surface area contributed by atoms with Crippen LogP contribution in [0.3, 0.4) is 0 Å². The monoisotopic (exact) mass is 264 g/mol. The van der Waals surface area contributed by atoms with Crippen LogP contribution in [0.25, 0.3) is 0 Å². The fourth-order valence-electron chi connectivity index (χ4n) is 1.84. The fraction of sp³-hybridized carbons (Fsp3) is 0.533. The van der Waals surface area contributed by atoms with Gasteiger partial charge < -0.3 is 15.4 Å². The number of ether oxygens (including phenoxy) is 1. The number of benzene rings is 1. The van der Waals surface area contributed by atoms with E-state index in [1.165, 1.54) is 0 Å². The number of para-hydroxylation sites is 1. The van der Waals surface area contributed by atoms with Crippen LogP contribution in [0.15, 0.2) is 24.3 Å². The van der Waals surface area contributed by atoms with E-state index in [0.717, 1.165) is 30.8 Å². The summed E-state index contributed by atoms with van der Waals surface area (Å²) in [6, 6.07) is 7.81. The van der Waals surface area contributed by atoms with Crippen molar-refractivity contribution in [3.63, 3.8) is 0 Å². The van der Waals surface area contributed by atoms with Crippen molar-refractivity contribution in [2.45, 2.75) is 26.2 Å². The zero-order valence-corrected chi connectivity index (χ0v) is 11.9. The van der Waals surface area contributed by atoms with Gasteiger partial charge in [-0.3, -0.25) is 4.79 Å². The van der Waals surface area contributed by atoms with Gasteiger partial charge in [0.05, 0.1) is 7.11 Å². The Bertz CT molecular complexity index is 380. The van der Waals surface area contributed by atoms with E-state index >= 15 is 0 Å². The number of carbonyl (C=O) groups is 1. The Labute approximate surface area is 115 Å². The van der Waals surface area contributed by atoms with Crippen molar-refractivity contribution < 1.29 is 9.53 Å². The van der Waals surface area contributed by atoms with Crippen molar-refractivity contribution in [1.29, 1.82) is 0 Å². The molecule has 0 aliphatic carbocycles. The van der Waals surface area contributed by atoms with Gasteiger partial charge in [0, 0.05) is 19.5 Å². The molecular formula is C15H24N2O2. The number of amides is 1. The van der Waals surface area contributed by atoms with Crippen LogP contribution in [0.2, 0.25) is 0 Å². The molecule has 0 saturated heterocycles. The summed E-state index contributed by atoms with van der Waals surface area (Å²) in [5.74, 6) is 0.934. The molecule has 0 unspecified atom stereocenters. The Morgan fingerprint density at radius 2 is 2.00 bits per heavy atom. The van der Waals surface area contributed by atoms with Gasteiger partial charge in [-0.1, -0.05) is 25.1 Å². The van der Waals surface area contributed by atoms with E-state index in [2.05, 4.69) is 17.6 Å². The standard InChI is InChI=1S/C15H24N2O2/c1-3-10-16-11-12-17-15(18)9-8-13-6-4-5-7-14(13)19-2/h4-7,16H,3,8-12H2,1-2H3,(H,17,18). The smallest absolute Gasteiger partial charge is 0.220 e. The van der Waals surface area contributed by atoms with Gasteiger partial charge >= 0.3 is 0 Å². The molecule has 0 aromatic heterocycles. The van der Waals surface area contributed by atoms with Gasteiger partial charge in [0.15, 0.2) is 0 Å². The maximum atomic E-state index is 11.7. The van der Waals surface area contributed by atoms with E-state index in [9.17, 15) is 4.79 Å². The summed E-state index contributed by atoms with van der Waals surface area (Å²) in [5, 5.41) is 6.15. The minimum Gasteiger partial charge on any atom is -0.496 e. The van der Waals surface area contributed by atoms with Gasteiger partial charge in [0.25, 0.3) is 0 Å². The summed E-state index contributed by atoms with van der Waals surface area (Å²) >= 11 is 0. The first-order chi connectivity index (χ1) is 9.27. The molecule has 0 bridgehead atoms. The van der Waals surface area contributed by atoms with Gasteiger partial charge in [0.1, 0.15) is 5.75 Å². The lowest BCUT2D eigenvalue weighted by Gasteiger charge is -2.09. The molecule has 2 N–H and O–H groups in total. The summed E-state index contributed by atoms with van der Waals surface area (Å²) in [4.78, 5) is 11.7. The Morgan fingerprint density at radius 1 is 1.21 bits per heavy atom. The first-order valence-electron chi connectivity index (χ1n) is 6.87. The van der Waals surface area contributed by atoms with Crippen LogP contribution in [0.5, 0.6) is 5.75 Å². The molecule has 4 nitrogen and oxygen atoms in total. The molecule has 0 saturated carbocycles. The summed E-state index contributed by atoms with van der Waals surface area (Å²) in [7, 11) is 1.65. The predicted octanol–water partition coefficient (Wildman–Crippen LogP) is 1.74. The van der Waals surface area contributed by atoms with Crippen LogP contribution in [-0.2, 0) is 11.2 Å². The molecule has 0 atom stereocenters. The number of methoxy groups -OCH3 is 1. The number of aryl methyl sites for hydroxylation is 1. The molecule has 106 valence electrons. The zero-order chi connectivity index (χ0) is 13.9. The van der Waals surface area contributed by atoms with Crippen LogP contribution in [0.1, 0.15) is 25.3 Å². The van der Waals surface area contributed by atoms with Crippen molar-refractivity contribution in [1.82, 2.24) is 10.6 Å². The highest BCUT2D eigenvalue weighted by molar-refractivity contribution is 5.76. The van der Waals surface area contributed by atoms with Crippen LogP contribution in [-0.4, -0.2) is 32.7 Å². The lowest BCUT2D eigenvalue weighted by Crippen LogP contribution is -2.32. The largest absolute Gasteiger partial charge is 0.496 e. The second-order valence-corrected chi connectivity index (χ2v) is 4.41. The minimum atomic E-state index is 0.0872. The van der Waals surface area contributed by atoms with E-state index in [0.29, 0.717) is 19.4 Å². The second-order valence-electron chi connectivity index (χ2n) is 4.41. The first kappa shape index (κ1) is 15.5. The zero-order valence-electron chi connectivity index (χ0n) is 11.9. The highest BCUT2D eigenvalue weighted by atomic mass is 16.5. The topological polar surface area (TPSA) is 50.4 Å². The molecule has 1 amide bonds. The summed E-state index contributed by atoms with van der Waals surface area (Å²) in [6.07, 6.45) is 2.31. The molecule has 19 heavy (non-hydrogen) atoms. The fourth-order valence-corrected chi connectivity index (χ4v) is 1.84. The molecule has 0 spiro atoms. The molecule has 1 aromatic carbocycles. The summed E-state index contributed by atoms with van der Waals surface area (Å²) in [5.41, 5.74) is 1.07. The average Bonchev–Trinajstić information content (AvgIpc) is 2.45. The minimum absolute atomic E-state index is 0.0872. The molecule has 0 aliphatic heterocycles. The van der Waals surface area contributed by atoms with Crippen LogP contribution < -0.4 is 15.4 Å². The van der Waals surface area contributed by atoms with Gasteiger partial charge in [-0.25, -0.2) is 0 Å². The van der Waals surface area contributed by atoms with E-state index in [4.69, 9.17) is 4.74 Å². The molecular weight excluding hydrogens is 240 g/mol. The molecule has 0 aliphatic rings. The van der Waals surface area contributed by atoms with Crippen molar-refractivity contribution in [2.75, 3.05) is 26.7 Å². The molecule has 1 aromatic rings. The Hall–Kier alpha value is -1.55. The van der Waals surface area contributed by atoms with Crippen molar-refractivity contribution in [3.05, 3.63) is 29.8 Å². The Balaban J connectivity index is 2.22. The Kier molecular flexibility index (Phi) is 7.66. The SMILES string of the molecule is CCCNCCNC(=O)CCc1ccccc1OC. The lowest BCUT2D eigenvalue weighted by molar-refractivity contribution is -0.121. The molecule has 0 heterocycles. The number of hydrogen-bond donors (Lipinski definition) is 2. The highest BCUT2D eigenvalue weighted by Gasteiger charge is 2.05. The number of rotatable bonds is 9.